The molecule has 0 radical (unpaired) electrons. The van der Waals surface area contributed by atoms with Gasteiger partial charge in [-0.15, -0.1) is 0 Å². The Kier molecular flexibility index (Phi) is 4.08. The van der Waals surface area contributed by atoms with Gasteiger partial charge in [0.2, 0.25) is 0 Å². The quantitative estimate of drug-likeness (QED) is 0.668. The molecule has 1 aromatic rings. The summed E-state index contributed by atoms with van der Waals surface area (Å²) in [6.45, 7) is 3.30. The van der Waals surface area contributed by atoms with Gasteiger partial charge in [0.15, 0.2) is 0 Å². The molecule has 21 heavy (non-hydrogen) atoms. The molecular weight excluding hydrogens is 289 g/mol. The zero-order chi connectivity index (χ0) is 15.7. The predicted octanol–water partition coefficient (Wildman–Crippen LogP) is 3.45. The molecule has 5 nitrogen and oxygen atoms in total. The second kappa shape index (κ2) is 5.51. The first-order valence-corrected chi connectivity index (χ1v) is 6.45. The minimum atomic E-state index is -4.65. The first kappa shape index (κ1) is 15.6. The number of nitro benzene ring substituents is 1. The number of halogens is 3. The van der Waals surface area contributed by atoms with Crippen LogP contribution in [0.2, 0.25) is 0 Å². The minimum Gasteiger partial charge on any atom is -0.384 e. The molecule has 0 bridgehead atoms. The van der Waals surface area contributed by atoms with Gasteiger partial charge < -0.3 is 10.1 Å². The number of benzene rings is 1. The van der Waals surface area contributed by atoms with Crippen molar-refractivity contribution in [2.75, 3.05) is 25.1 Å². The lowest BCUT2D eigenvalue weighted by Crippen LogP contribution is -2.47. The minimum absolute atomic E-state index is 0.146. The fourth-order valence-electron chi connectivity index (χ4n) is 2.14. The summed E-state index contributed by atoms with van der Waals surface area (Å²) in [6, 6.07) is 2.72. The van der Waals surface area contributed by atoms with E-state index in [1.165, 1.54) is 0 Å². The molecule has 0 amide bonds. The van der Waals surface area contributed by atoms with E-state index >= 15 is 0 Å². The maximum absolute atomic E-state index is 13.0. The SMILES string of the molecule is CCC1(CNc2ccc([N+](=O)[O-])cc2C(F)(F)F)COC1. The normalized spacial score (nSPS) is 17.1. The fraction of sp³-hybridized carbons (Fsp3) is 0.538. The molecule has 1 aromatic carbocycles. The summed E-state index contributed by atoms with van der Waals surface area (Å²) in [5.41, 5.74) is -1.91. The Morgan fingerprint density at radius 1 is 1.43 bits per heavy atom. The lowest BCUT2D eigenvalue weighted by Gasteiger charge is -2.41. The first-order valence-electron chi connectivity index (χ1n) is 6.45. The van der Waals surface area contributed by atoms with Crippen LogP contribution in [0.4, 0.5) is 24.5 Å². The summed E-state index contributed by atoms with van der Waals surface area (Å²) in [6.07, 6.45) is -3.86. The molecule has 1 N–H and O–H groups in total. The number of nitro groups is 1. The Hall–Kier alpha value is -1.83. The van der Waals surface area contributed by atoms with Crippen LogP contribution < -0.4 is 5.32 Å². The summed E-state index contributed by atoms with van der Waals surface area (Å²) in [4.78, 5) is 9.77. The molecule has 0 aliphatic carbocycles. The Bertz CT molecular complexity index is 536. The van der Waals surface area contributed by atoms with E-state index in [1.54, 1.807) is 0 Å². The van der Waals surface area contributed by atoms with Crippen LogP contribution in [0, 0.1) is 15.5 Å². The molecule has 0 aromatic heterocycles. The van der Waals surface area contributed by atoms with Gasteiger partial charge in [0.1, 0.15) is 0 Å². The Balaban J connectivity index is 2.24. The molecule has 1 heterocycles. The van der Waals surface area contributed by atoms with Crippen LogP contribution in [0.15, 0.2) is 18.2 Å². The van der Waals surface area contributed by atoms with Crippen molar-refractivity contribution in [2.45, 2.75) is 19.5 Å². The van der Waals surface area contributed by atoms with Crippen LogP contribution >= 0.6 is 0 Å². The predicted molar refractivity (Wildman–Crippen MR) is 70.1 cm³/mol. The van der Waals surface area contributed by atoms with Gasteiger partial charge in [-0.25, -0.2) is 0 Å². The van der Waals surface area contributed by atoms with E-state index in [0.717, 1.165) is 18.6 Å². The van der Waals surface area contributed by atoms with Gasteiger partial charge in [0, 0.05) is 29.8 Å². The number of non-ortho nitro benzene ring substituents is 1. The van der Waals surface area contributed by atoms with Gasteiger partial charge in [-0.3, -0.25) is 10.1 Å². The summed E-state index contributed by atoms with van der Waals surface area (Å²) in [5, 5.41) is 13.4. The van der Waals surface area contributed by atoms with Crippen LogP contribution in [0.5, 0.6) is 0 Å². The second-order valence-electron chi connectivity index (χ2n) is 5.18. The van der Waals surface area contributed by atoms with Crippen molar-refractivity contribution in [1.29, 1.82) is 0 Å². The molecule has 2 rings (SSSR count). The van der Waals surface area contributed by atoms with Crippen molar-refractivity contribution >= 4 is 11.4 Å². The second-order valence-corrected chi connectivity index (χ2v) is 5.18. The third-order valence-corrected chi connectivity index (χ3v) is 3.74. The number of nitrogens with one attached hydrogen (secondary N) is 1. The first-order chi connectivity index (χ1) is 9.77. The smallest absolute Gasteiger partial charge is 0.384 e. The number of nitrogens with zero attached hydrogens (tertiary/aromatic N) is 1. The summed E-state index contributed by atoms with van der Waals surface area (Å²) in [5.74, 6) is 0. The molecule has 0 atom stereocenters. The highest BCUT2D eigenvalue weighted by Gasteiger charge is 2.39. The van der Waals surface area contributed by atoms with Crippen molar-refractivity contribution in [2.24, 2.45) is 5.41 Å². The van der Waals surface area contributed by atoms with Crippen molar-refractivity contribution in [3.8, 4) is 0 Å². The molecule has 116 valence electrons. The molecule has 1 aliphatic rings. The molecule has 1 fully saturated rings. The summed E-state index contributed by atoms with van der Waals surface area (Å²) >= 11 is 0. The third-order valence-electron chi connectivity index (χ3n) is 3.74. The zero-order valence-corrected chi connectivity index (χ0v) is 11.4. The van der Waals surface area contributed by atoms with E-state index in [1.807, 2.05) is 6.92 Å². The van der Waals surface area contributed by atoms with Crippen LogP contribution in [0.25, 0.3) is 0 Å². The Labute approximate surface area is 119 Å². The maximum atomic E-state index is 13.0. The van der Waals surface area contributed by atoms with E-state index in [4.69, 9.17) is 4.74 Å². The lowest BCUT2D eigenvalue weighted by molar-refractivity contribution is -0.385. The van der Waals surface area contributed by atoms with Crippen molar-refractivity contribution in [3.63, 3.8) is 0 Å². The maximum Gasteiger partial charge on any atom is 0.418 e. The molecule has 0 saturated carbocycles. The average Bonchev–Trinajstić information content (AvgIpc) is 2.36. The van der Waals surface area contributed by atoms with E-state index in [0.29, 0.717) is 25.8 Å². The number of rotatable bonds is 5. The van der Waals surface area contributed by atoms with Gasteiger partial charge in [0.05, 0.1) is 23.7 Å². The van der Waals surface area contributed by atoms with E-state index in [9.17, 15) is 23.3 Å². The van der Waals surface area contributed by atoms with Gasteiger partial charge in [-0.2, -0.15) is 13.2 Å². The number of hydrogen-bond acceptors (Lipinski definition) is 4. The highest BCUT2D eigenvalue weighted by molar-refractivity contribution is 5.57. The molecular formula is C13H15F3N2O3. The standard InChI is InChI=1S/C13H15F3N2O3/c1-2-12(7-21-8-12)6-17-11-4-3-9(18(19)20)5-10(11)13(14,15)16/h3-5,17H,2,6-8H2,1H3. The number of alkyl halides is 3. The number of hydrogen-bond donors (Lipinski definition) is 1. The molecule has 0 spiro atoms. The van der Waals surface area contributed by atoms with Crippen molar-refractivity contribution in [3.05, 3.63) is 33.9 Å². The monoisotopic (exact) mass is 304 g/mol. The molecule has 8 heteroatoms. The highest BCUT2D eigenvalue weighted by Crippen LogP contribution is 2.38. The van der Waals surface area contributed by atoms with E-state index < -0.39 is 22.4 Å². The Morgan fingerprint density at radius 3 is 2.52 bits per heavy atom. The summed E-state index contributed by atoms with van der Waals surface area (Å²) < 4.78 is 44.1. The fourth-order valence-corrected chi connectivity index (χ4v) is 2.14. The number of ether oxygens (including phenoxy) is 1. The van der Waals surface area contributed by atoms with Gasteiger partial charge >= 0.3 is 6.18 Å². The van der Waals surface area contributed by atoms with Crippen LogP contribution in [0.3, 0.4) is 0 Å². The average molecular weight is 304 g/mol. The van der Waals surface area contributed by atoms with Gasteiger partial charge in [0.25, 0.3) is 5.69 Å². The van der Waals surface area contributed by atoms with Gasteiger partial charge in [-0.05, 0) is 12.5 Å². The molecule has 1 aliphatic heterocycles. The summed E-state index contributed by atoms with van der Waals surface area (Å²) in [7, 11) is 0. The largest absolute Gasteiger partial charge is 0.418 e. The highest BCUT2D eigenvalue weighted by atomic mass is 19.4. The zero-order valence-electron chi connectivity index (χ0n) is 11.4. The van der Waals surface area contributed by atoms with Crippen LogP contribution in [-0.2, 0) is 10.9 Å². The van der Waals surface area contributed by atoms with E-state index in [2.05, 4.69) is 5.32 Å². The van der Waals surface area contributed by atoms with Crippen molar-refractivity contribution < 1.29 is 22.8 Å². The lowest BCUT2D eigenvalue weighted by atomic mass is 9.83. The van der Waals surface area contributed by atoms with E-state index in [-0.39, 0.29) is 11.1 Å². The number of anilines is 1. The van der Waals surface area contributed by atoms with Crippen LogP contribution in [-0.4, -0.2) is 24.7 Å². The molecule has 0 unspecified atom stereocenters. The van der Waals surface area contributed by atoms with Crippen LogP contribution in [0.1, 0.15) is 18.9 Å². The van der Waals surface area contributed by atoms with Gasteiger partial charge in [-0.1, -0.05) is 6.92 Å². The molecule has 1 saturated heterocycles. The Morgan fingerprint density at radius 2 is 2.10 bits per heavy atom. The van der Waals surface area contributed by atoms with Crippen molar-refractivity contribution in [1.82, 2.24) is 0 Å². The topological polar surface area (TPSA) is 64.4 Å². The third kappa shape index (κ3) is 3.26.